The maximum absolute atomic E-state index is 12.3. The Morgan fingerprint density at radius 3 is 2.88 bits per heavy atom. The first-order valence-corrected chi connectivity index (χ1v) is 8.20. The van der Waals surface area contributed by atoms with Crippen LogP contribution in [-0.2, 0) is 11.3 Å². The Bertz CT molecular complexity index is 1040. The van der Waals surface area contributed by atoms with Gasteiger partial charge in [-0.25, -0.2) is 4.79 Å². The second-order valence-electron chi connectivity index (χ2n) is 5.20. The van der Waals surface area contributed by atoms with Crippen LogP contribution < -0.4 is 4.80 Å². The molecule has 0 aliphatic rings. The van der Waals surface area contributed by atoms with Crippen LogP contribution in [0.2, 0.25) is 0 Å². The number of esters is 1. The Labute approximate surface area is 146 Å². The van der Waals surface area contributed by atoms with E-state index in [0.29, 0.717) is 22.7 Å². The van der Waals surface area contributed by atoms with E-state index >= 15 is 0 Å². The quantitative estimate of drug-likeness (QED) is 0.529. The summed E-state index contributed by atoms with van der Waals surface area (Å²) in [5.74, 6) is -0.371. The number of methoxy groups -OCH3 is 1. The van der Waals surface area contributed by atoms with Gasteiger partial charge in [0.15, 0.2) is 10.5 Å². The molecule has 0 bridgehead atoms. The Morgan fingerprint density at radius 2 is 2.24 bits per heavy atom. The molecular weight excluding hydrogens is 342 g/mol. The van der Waals surface area contributed by atoms with Gasteiger partial charge in [0.2, 0.25) is 0 Å². The van der Waals surface area contributed by atoms with Crippen LogP contribution in [0.1, 0.15) is 26.6 Å². The molecule has 1 amide bonds. The van der Waals surface area contributed by atoms with Crippen molar-refractivity contribution >= 4 is 33.4 Å². The van der Waals surface area contributed by atoms with Crippen LogP contribution in [-0.4, -0.2) is 28.7 Å². The van der Waals surface area contributed by atoms with Crippen molar-refractivity contribution in [1.29, 1.82) is 0 Å². The van der Waals surface area contributed by atoms with Gasteiger partial charge in [-0.05, 0) is 25.1 Å². The van der Waals surface area contributed by atoms with E-state index in [2.05, 4.69) is 16.7 Å². The van der Waals surface area contributed by atoms with Crippen LogP contribution in [0.4, 0.5) is 0 Å². The molecule has 7 nitrogen and oxygen atoms in total. The molecule has 128 valence electrons. The first-order valence-electron chi connectivity index (χ1n) is 7.38. The summed E-state index contributed by atoms with van der Waals surface area (Å²) in [6.07, 6.45) is 1.71. The minimum Gasteiger partial charge on any atom is -0.465 e. The number of nitrogens with zero attached hydrogens (tertiary/aromatic N) is 3. The zero-order valence-corrected chi connectivity index (χ0v) is 14.5. The van der Waals surface area contributed by atoms with Crippen LogP contribution in [0.5, 0.6) is 0 Å². The number of hydrogen-bond acceptors (Lipinski definition) is 6. The summed E-state index contributed by atoms with van der Waals surface area (Å²) < 4.78 is 12.3. The number of aromatic nitrogens is 2. The van der Waals surface area contributed by atoms with Gasteiger partial charge in [-0.2, -0.15) is 4.99 Å². The van der Waals surface area contributed by atoms with Gasteiger partial charge in [-0.1, -0.05) is 22.6 Å². The van der Waals surface area contributed by atoms with Gasteiger partial charge < -0.3 is 13.8 Å². The van der Waals surface area contributed by atoms with Crippen LogP contribution in [0.15, 0.2) is 46.4 Å². The fourth-order valence-electron chi connectivity index (χ4n) is 2.32. The average Bonchev–Trinajstić information content (AvgIpc) is 3.18. The summed E-state index contributed by atoms with van der Waals surface area (Å²) >= 11 is 1.30. The zero-order valence-electron chi connectivity index (χ0n) is 13.7. The van der Waals surface area contributed by atoms with Crippen molar-refractivity contribution in [2.45, 2.75) is 13.5 Å². The van der Waals surface area contributed by atoms with Gasteiger partial charge in [0.05, 0.1) is 22.9 Å². The molecule has 1 aromatic carbocycles. The molecule has 0 spiro atoms. The molecule has 0 atom stereocenters. The van der Waals surface area contributed by atoms with Gasteiger partial charge in [0.1, 0.15) is 5.76 Å². The molecule has 2 heterocycles. The lowest BCUT2D eigenvalue weighted by Crippen LogP contribution is -2.16. The lowest BCUT2D eigenvalue weighted by Gasteiger charge is -2.02. The number of ether oxygens (including phenoxy) is 1. The third kappa shape index (κ3) is 3.29. The van der Waals surface area contributed by atoms with Gasteiger partial charge in [-0.15, -0.1) is 6.58 Å². The van der Waals surface area contributed by atoms with E-state index in [1.807, 2.05) is 4.57 Å². The summed E-state index contributed by atoms with van der Waals surface area (Å²) in [5.41, 5.74) is 1.43. The zero-order chi connectivity index (χ0) is 18.0. The third-order valence-electron chi connectivity index (χ3n) is 3.46. The summed E-state index contributed by atoms with van der Waals surface area (Å²) in [5, 5.41) is 3.69. The van der Waals surface area contributed by atoms with Crippen molar-refractivity contribution in [2.24, 2.45) is 4.99 Å². The number of amides is 1. The molecule has 0 N–H and O–H groups in total. The molecule has 0 unspecified atom stereocenters. The van der Waals surface area contributed by atoms with Crippen LogP contribution >= 0.6 is 11.3 Å². The summed E-state index contributed by atoms with van der Waals surface area (Å²) in [7, 11) is 1.33. The Morgan fingerprint density at radius 1 is 1.44 bits per heavy atom. The minimum atomic E-state index is -0.491. The van der Waals surface area contributed by atoms with Gasteiger partial charge in [0.25, 0.3) is 0 Å². The highest BCUT2D eigenvalue weighted by molar-refractivity contribution is 7.16. The molecule has 25 heavy (non-hydrogen) atoms. The number of rotatable bonds is 4. The Hall–Kier alpha value is -3.00. The van der Waals surface area contributed by atoms with Gasteiger partial charge in [0, 0.05) is 12.6 Å². The third-order valence-corrected chi connectivity index (χ3v) is 4.50. The van der Waals surface area contributed by atoms with Crippen molar-refractivity contribution in [2.75, 3.05) is 7.11 Å². The highest BCUT2D eigenvalue weighted by Crippen LogP contribution is 2.20. The Kier molecular flexibility index (Phi) is 4.62. The Balaban J connectivity index is 2.14. The number of aryl methyl sites for hydroxylation is 1. The second-order valence-corrected chi connectivity index (χ2v) is 6.21. The molecule has 0 saturated carbocycles. The normalized spacial score (nSPS) is 11.7. The SMILES string of the molecule is C=CCn1c(=NC(=O)c2cc(C)on2)sc2cc(C(=O)OC)ccc21. The van der Waals surface area contributed by atoms with E-state index in [0.717, 1.165) is 10.2 Å². The molecule has 0 saturated heterocycles. The van der Waals surface area contributed by atoms with Crippen molar-refractivity contribution in [1.82, 2.24) is 9.72 Å². The fourth-order valence-corrected chi connectivity index (χ4v) is 3.40. The van der Waals surface area contributed by atoms with E-state index in [-0.39, 0.29) is 5.69 Å². The number of carbonyl (C=O) groups excluding carboxylic acids is 2. The average molecular weight is 357 g/mol. The predicted molar refractivity (Wildman–Crippen MR) is 92.5 cm³/mol. The first kappa shape index (κ1) is 16.8. The number of benzene rings is 1. The molecule has 8 heteroatoms. The summed E-state index contributed by atoms with van der Waals surface area (Å²) in [6, 6.07) is 6.72. The van der Waals surface area contributed by atoms with E-state index in [1.54, 1.807) is 31.2 Å². The standard InChI is InChI=1S/C17H15N3O4S/c1-4-7-20-13-6-5-11(16(22)23-3)9-14(13)25-17(20)18-15(21)12-8-10(2)24-19-12/h4-6,8-9H,1,7H2,2-3H3. The fraction of sp³-hybridized carbons (Fsp3) is 0.176. The van der Waals surface area contributed by atoms with E-state index in [1.165, 1.54) is 24.5 Å². The largest absolute Gasteiger partial charge is 0.465 e. The number of allylic oxidation sites excluding steroid dienone is 1. The van der Waals surface area contributed by atoms with Crippen molar-refractivity contribution in [3.63, 3.8) is 0 Å². The van der Waals surface area contributed by atoms with Crippen LogP contribution in [0.3, 0.4) is 0 Å². The lowest BCUT2D eigenvalue weighted by molar-refractivity contribution is 0.0601. The number of thiazole rings is 1. The smallest absolute Gasteiger partial charge is 0.337 e. The highest BCUT2D eigenvalue weighted by Gasteiger charge is 2.13. The maximum atomic E-state index is 12.3. The topological polar surface area (TPSA) is 86.7 Å². The highest BCUT2D eigenvalue weighted by atomic mass is 32.1. The summed E-state index contributed by atoms with van der Waals surface area (Å²) in [4.78, 5) is 28.6. The number of hydrogen-bond donors (Lipinski definition) is 0. The van der Waals surface area contributed by atoms with Crippen LogP contribution in [0.25, 0.3) is 10.2 Å². The molecule has 2 aromatic heterocycles. The van der Waals surface area contributed by atoms with Crippen molar-refractivity contribution in [3.8, 4) is 0 Å². The number of fused-ring (bicyclic) bond motifs is 1. The van der Waals surface area contributed by atoms with Crippen molar-refractivity contribution in [3.05, 3.63) is 58.7 Å². The van der Waals surface area contributed by atoms with E-state index in [9.17, 15) is 9.59 Å². The molecule has 0 aliphatic heterocycles. The summed E-state index contributed by atoms with van der Waals surface area (Å²) in [6.45, 7) is 5.92. The molecule has 0 fully saturated rings. The monoisotopic (exact) mass is 357 g/mol. The number of carbonyl (C=O) groups is 2. The first-order chi connectivity index (χ1) is 12.0. The molecule has 0 aliphatic carbocycles. The molecular formula is C17H15N3O4S. The van der Waals surface area contributed by atoms with E-state index < -0.39 is 11.9 Å². The van der Waals surface area contributed by atoms with Gasteiger partial charge >= 0.3 is 11.9 Å². The second kappa shape index (κ2) is 6.86. The maximum Gasteiger partial charge on any atom is 0.337 e. The lowest BCUT2D eigenvalue weighted by atomic mass is 10.2. The minimum absolute atomic E-state index is 0.148. The van der Waals surface area contributed by atoms with Crippen LogP contribution in [0, 0.1) is 6.92 Å². The van der Waals surface area contributed by atoms with Gasteiger partial charge in [-0.3, -0.25) is 4.79 Å². The molecule has 3 rings (SSSR count). The van der Waals surface area contributed by atoms with Crippen molar-refractivity contribution < 1.29 is 18.8 Å². The molecule has 0 radical (unpaired) electrons. The van der Waals surface area contributed by atoms with E-state index in [4.69, 9.17) is 9.26 Å². The predicted octanol–water partition coefficient (Wildman–Crippen LogP) is 2.71. The molecule has 3 aromatic rings.